The summed E-state index contributed by atoms with van der Waals surface area (Å²) in [5.74, 6) is 1.91. The monoisotopic (exact) mass is 700 g/mol. The van der Waals surface area contributed by atoms with E-state index in [1.54, 1.807) is 0 Å². The quantitative estimate of drug-likeness (QED) is 0.179. The highest BCUT2D eigenvalue weighted by molar-refractivity contribution is 6.25. The minimum atomic E-state index is 0.632. The van der Waals surface area contributed by atoms with Gasteiger partial charge in [0.15, 0.2) is 17.5 Å². The maximum absolute atomic E-state index is 5.08. The molecule has 4 nitrogen and oxygen atoms in total. The highest BCUT2D eigenvalue weighted by Crippen LogP contribution is 2.40. The van der Waals surface area contributed by atoms with Crippen molar-refractivity contribution in [3.05, 3.63) is 194 Å². The average Bonchev–Trinajstić information content (AvgIpc) is 3.62. The molecule has 0 aliphatic carbocycles. The zero-order valence-corrected chi connectivity index (χ0v) is 29.8. The molecule has 0 amide bonds. The Balaban J connectivity index is 1.03. The minimum Gasteiger partial charge on any atom is -0.309 e. The smallest absolute Gasteiger partial charge is 0.164 e. The normalized spacial score (nSPS) is 11.6. The number of rotatable bonds is 5. The first-order chi connectivity index (χ1) is 27.2. The van der Waals surface area contributed by atoms with Gasteiger partial charge in [0.2, 0.25) is 0 Å². The number of hydrogen-bond acceptors (Lipinski definition) is 3. The van der Waals surface area contributed by atoms with Crippen molar-refractivity contribution in [3.63, 3.8) is 0 Å². The van der Waals surface area contributed by atoms with Gasteiger partial charge < -0.3 is 4.57 Å². The van der Waals surface area contributed by atoms with Crippen molar-refractivity contribution in [1.82, 2.24) is 19.5 Å². The van der Waals surface area contributed by atoms with Crippen molar-refractivity contribution in [3.8, 4) is 51.0 Å². The summed E-state index contributed by atoms with van der Waals surface area (Å²) in [5.41, 5.74) is 8.60. The van der Waals surface area contributed by atoms with Gasteiger partial charge in [-0.15, -0.1) is 0 Å². The third-order valence-corrected chi connectivity index (χ3v) is 10.8. The summed E-state index contributed by atoms with van der Waals surface area (Å²) in [4.78, 5) is 15.1. The second-order valence-corrected chi connectivity index (χ2v) is 14.1. The second kappa shape index (κ2) is 12.6. The van der Waals surface area contributed by atoms with Crippen molar-refractivity contribution in [1.29, 1.82) is 0 Å². The Morgan fingerprint density at radius 3 is 1.51 bits per heavy atom. The maximum Gasteiger partial charge on any atom is 0.164 e. The molecule has 0 aliphatic heterocycles. The van der Waals surface area contributed by atoms with E-state index in [1.165, 1.54) is 59.7 Å². The molecule has 0 aliphatic rings. The van der Waals surface area contributed by atoms with Crippen molar-refractivity contribution in [2.45, 2.75) is 0 Å². The fourth-order valence-corrected chi connectivity index (χ4v) is 8.11. The molecular formula is C51H32N4. The van der Waals surface area contributed by atoms with E-state index in [0.717, 1.165) is 27.9 Å². The molecule has 4 heteroatoms. The van der Waals surface area contributed by atoms with Gasteiger partial charge in [0, 0.05) is 38.5 Å². The molecule has 55 heavy (non-hydrogen) atoms. The van der Waals surface area contributed by atoms with E-state index < -0.39 is 0 Å². The lowest BCUT2D eigenvalue weighted by Gasteiger charge is -2.12. The molecule has 0 spiro atoms. The van der Waals surface area contributed by atoms with Crippen LogP contribution in [0.4, 0.5) is 0 Å². The van der Waals surface area contributed by atoms with Gasteiger partial charge in [0.1, 0.15) is 0 Å². The zero-order chi connectivity index (χ0) is 36.3. The van der Waals surface area contributed by atoms with Crippen LogP contribution in [0.5, 0.6) is 0 Å². The summed E-state index contributed by atoms with van der Waals surface area (Å²) in [7, 11) is 0. The molecule has 0 fully saturated rings. The van der Waals surface area contributed by atoms with Gasteiger partial charge in [0.05, 0.1) is 11.0 Å². The van der Waals surface area contributed by atoms with Crippen LogP contribution in [-0.2, 0) is 0 Å². The number of aromatic nitrogens is 4. The Morgan fingerprint density at radius 1 is 0.309 bits per heavy atom. The van der Waals surface area contributed by atoms with E-state index in [4.69, 9.17) is 15.0 Å². The first kappa shape index (κ1) is 31.1. The summed E-state index contributed by atoms with van der Waals surface area (Å²) in [6, 6.07) is 68.7. The van der Waals surface area contributed by atoms with E-state index >= 15 is 0 Å². The average molecular weight is 701 g/mol. The molecule has 0 radical (unpaired) electrons. The van der Waals surface area contributed by atoms with Crippen LogP contribution in [0.2, 0.25) is 0 Å². The van der Waals surface area contributed by atoms with Gasteiger partial charge >= 0.3 is 0 Å². The SMILES string of the molecule is c1ccc(-c2nc(-c3ccc(-c4ccc5ccccc5c4)cc3)nc(-c3ccc(-n4c5ccc6ccccc6c5c5ccc6ccccc6c54)cc3)n2)cc1. The van der Waals surface area contributed by atoms with E-state index in [1.807, 2.05) is 30.3 Å². The molecule has 0 unspecified atom stereocenters. The fraction of sp³-hybridized carbons (Fsp3) is 0. The van der Waals surface area contributed by atoms with Crippen LogP contribution in [0.1, 0.15) is 0 Å². The highest BCUT2D eigenvalue weighted by atomic mass is 15.0. The topological polar surface area (TPSA) is 43.6 Å². The Bertz CT molecular complexity index is 3240. The van der Waals surface area contributed by atoms with E-state index in [0.29, 0.717) is 17.5 Å². The van der Waals surface area contributed by atoms with Gasteiger partial charge in [-0.25, -0.2) is 15.0 Å². The zero-order valence-electron chi connectivity index (χ0n) is 29.8. The van der Waals surface area contributed by atoms with Crippen LogP contribution in [0, 0.1) is 0 Å². The van der Waals surface area contributed by atoms with E-state index in [-0.39, 0.29) is 0 Å². The van der Waals surface area contributed by atoms with Gasteiger partial charge in [-0.05, 0) is 74.5 Å². The number of nitrogens with zero attached hydrogens (tertiary/aromatic N) is 4. The van der Waals surface area contributed by atoms with Crippen LogP contribution < -0.4 is 0 Å². The molecule has 0 bridgehead atoms. The van der Waals surface area contributed by atoms with Crippen molar-refractivity contribution in [2.75, 3.05) is 0 Å². The molecular weight excluding hydrogens is 669 g/mol. The molecule has 0 saturated carbocycles. The molecule has 2 aromatic heterocycles. The predicted molar refractivity (Wildman–Crippen MR) is 228 cm³/mol. The lowest BCUT2D eigenvalue weighted by Crippen LogP contribution is -2.00. The summed E-state index contributed by atoms with van der Waals surface area (Å²) in [5, 5.41) is 9.92. The molecule has 9 aromatic carbocycles. The largest absolute Gasteiger partial charge is 0.309 e. The molecule has 0 atom stereocenters. The van der Waals surface area contributed by atoms with Crippen LogP contribution in [0.25, 0.3) is 105 Å². The summed E-state index contributed by atoms with van der Waals surface area (Å²) in [6.45, 7) is 0. The predicted octanol–water partition coefficient (Wildman–Crippen LogP) is 13.1. The Kier molecular flexibility index (Phi) is 7.14. The van der Waals surface area contributed by atoms with Crippen LogP contribution in [0.15, 0.2) is 194 Å². The standard InChI is InChI=1S/C51H32N4/c1-2-13-37(14-3-1)49-52-50(38-21-18-34(19-22-38)41-23-20-33-10-4-5-15-40(33)32-41)54-51(53-49)39-24-28-42(29-25-39)55-46-31-27-35-11-6-8-16-43(35)47(46)45-30-26-36-12-7-9-17-44(36)48(45)55/h1-32H. The van der Waals surface area contributed by atoms with E-state index in [9.17, 15) is 0 Å². The first-order valence-corrected chi connectivity index (χ1v) is 18.6. The second-order valence-electron chi connectivity index (χ2n) is 14.1. The van der Waals surface area contributed by atoms with Crippen molar-refractivity contribution in [2.24, 2.45) is 0 Å². The Hall–Kier alpha value is -7.43. The van der Waals surface area contributed by atoms with Crippen molar-refractivity contribution >= 4 is 54.1 Å². The first-order valence-electron chi connectivity index (χ1n) is 18.6. The van der Waals surface area contributed by atoms with Crippen molar-refractivity contribution < 1.29 is 0 Å². The summed E-state index contributed by atoms with van der Waals surface area (Å²) >= 11 is 0. The third kappa shape index (κ3) is 5.26. The van der Waals surface area contributed by atoms with Gasteiger partial charge in [-0.2, -0.15) is 0 Å². The minimum absolute atomic E-state index is 0.632. The Morgan fingerprint density at radius 2 is 0.800 bits per heavy atom. The van der Waals surface area contributed by atoms with Gasteiger partial charge in [-0.1, -0.05) is 158 Å². The summed E-state index contributed by atoms with van der Waals surface area (Å²) < 4.78 is 2.41. The maximum atomic E-state index is 5.08. The summed E-state index contributed by atoms with van der Waals surface area (Å²) in [6.07, 6.45) is 0. The van der Waals surface area contributed by atoms with E-state index in [2.05, 4.69) is 168 Å². The lowest BCUT2D eigenvalue weighted by atomic mass is 10.00. The van der Waals surface area contributed by atoms with Crippen LogP contribution in [-0.4, -0.2) is 19.5 Å². The molecule has 2 heterocycles. The van der Waals surface area contributed by atoms with Gasteiger partial charge in [-0.3, -0.25) is 0 Å². The lowest BCUT2D eigenvalue weighted by molar-refractivity contribution is 1.07. The van der Waals surface area contributed by atoms with Crippen LogP contribution >= 0.6 is 0 Å². The third-order valence-electron chi connectivity index (χ3n) is 10.8. The molecule has 0 saturated heterocycles. The fourth-order valence-electron chi connectivity index (χ4n) is 8.11. The number of benzene rings is 9. The molecule has 11 rings (SSSR count). The highest BCUT2D eigenvalue weighted by Gasteiger charge is 2.18. The number of fused-ring (bicyclic) bond motifs is 8. The molecule has 11 aromatic rings. The molecule has 0 N–H and O–H groups in total. The number of hydrogen-bond donors (Lipinski definition) is 0. The van der Waals surface area contributed by atoms with Crippen LogP contribution in [0.3, 0.4) is 0 Å². The Labute approximate surface area is 317 Å². The van der Waals surface area contributed by atoms with Gasteiger partial charge in [0.25, 0.3) is 0 Å². The molecule has 256 valence electrons.